The van der Waals surface area contributed by atoms with Crippen molar-refractivity contribution in [3.8, 4) is 5.75 Å². The average Bonchev–Trinajstić information content (AvgIpc) is 2.69. The highest BCUT2D eigenvalue weighted by atomic mass is 16.6. The minimum absolute atomic E-state index is 0.0581. The lowest BCUT2D eigenvalue weighted by Crippen LogP contribution is -2.58. The summed E-state index contributed by atoms with van der Waals surface area (Å²) in [4.78, 5) is 48.6. The SMILES string of the molecule is COc1ccccc1C[C@H](NC(=O)[C@@H](NC(=O)[C@H](CC(C)C)C[N+](=O)[O-])C(C)(C)C)C(N)=O. The van der Waals surface area contributed by atoms with Gasteiger partial charge in [-0.2, -0.15) is 0 Å². The fourth-order valence-corrected chi connectivity index (χ4v) is 3.52. The summed E-state index contributed by atoms with van der Waals surface area (Å²) in [5, 5.41) is 16.3. The van der Waals surface area contributed by atoms with Gasteiger partial charge in [0.1, 0.15) is 23.8 Å². The Morgan fingerprint density at radius 3 is 2.21 bits per heavy atom. The molecule has 10 nitrogen and oxygen atoms in total. The number of ether oxygens (including phenoxy) is 1. The van der Waals surface area contributed by atoms with Gasteiger partial charge in [-0.25, -0.2) is 0 Å². The summed E-state index contributed by atoms with van der Waals surface area (Å²) in [5.41, 5.74) is 5.49. The van der Waals surface area contributed by atoms with Gasteiger partial charge in [-0.1, -0.05) is 52.8 Å². The molecule has 0 fully saturated rings. The highest BCUT2D eigenvalue weighted by molar-refractivity contribution is 5.92. The van der Waals surface area contributed by atoms with Crippen molar-refractivity contribution < 1.29 is 24.0 Å². The zero-order valence-corrected chi connectivity index (χ0v) is 20.2. The maximum absolute atomic E-state index is 13.2. The number of hydrogen-bond acceptors (Lipinski definition) is 6. The maximum atomic E-state index is 13.2. The van der Waals surface area contributed by atoms with Crippen molar-refractivity contribution in [3.05, 3.63) is 39.9 Å². The Hall–Kier alpha value is -3.17. The summed E-state index contributed by atoms with van der Waals surface area (Å²) in [5.74, 6) is -2.18. The molecule has 0 aliphatic rings. The highest BCUT2D eigenvalue weighted by Crippen LogP contribution is 2.23. The molecule has 0 saturated heterocycles. The van der Waals surface area contributed by atoms with Crippen LogP contribution in [0.1, 0.15) is 46.6 Å². The van der Waals surface area contributed by atoms with Crippen molar-refractivity contribution in [1.29, 1.82) is 0 Å². The van der Waals surface area contributed by atoms with E-state index in [4.69, 9.17) is 10.5 Å². The summed E-state index contributed by atoms with van der Waals surface area (Å²) in [6.07, 6.45) is 0.413. The number of para-hydroxylation sites is 1. The molecule has 10 heteroatoms. The van der Waals surface area contributed by atoms with Gasteiger partial charge in [0.05, 0.1) is 7.11 Å². The van der Waals surface area contributed by atoms with Gasteiger partial charge in [-0.15, -0.1) is 0 Å². The molecule has 3 amide bonds. The third kappa shape index (κ3) is 9.07. The summed E-state index contributed by atoms with van der Waals surface area (Å²) >= 11 is 0. The molecule has 0 heterocycles. The van der Waals surface area contributed by atoms with Crippen molar-refractivity contribution in [2.45, 2.75) is 59.5 Å². The second-order valence-electron chi connectivity index (χ2n) is 9.63. The molecule has 33 heavy (non-hydrogen) atoms. The predicted molar refractivity (Wildman–Crippen MR) is 124 cm³/mol. The van der Waals surface area contributed by atoms with E-state index in [0.717, 1.165) is 0 Å². The molecule has 1 aromatic rings. The molecule has 0 aliphatic heterocycles. The standard InChI is InChI=1S/C23H36N4O6/c1-14(2)11-16(13-27(31)32)21(29)26-19(23(3,4)5)22(30)25-17(20(24)28)12-15-9-7-8-10-18(15)33-6/h7-10,14,16-17,19H,11-13H2,1-6H3,(H2,24,28)(H,25,30)(H,26,29)/t16-,17+,19-/m1/s1. The molecule has 1 aromatic carbocycles. The van der Waals surface area contributed by atoms with E-state index in [-0.39, 0.29) is 12.3 Å². The zero-order chi connectivity index (χ0) is 25.3. The fraction of sp³-hybridized carbons (Fsp3) is 0.609. The average molecular weight is 465 g/mol. The number of amides is 3. The van der Waals surface area contributed by atoms with Gasteiger partial charge in [0, 0.05) is 11.3 Å². The van der Waals surface area contributed by atoms with Crippen LogP contribution >= 0.6 is 0 Å². The van der Waals surface area contributed by atoms with Crippen molar-refractivity contribution in [1.82, 2.24) is 10.6 Å². The van der Waals surface area contributed by atoms with Crippen molar-refractivity contribution in [3.63, 3.8) is 0 Å². The summed E-state index contributed by atoms with van der Waals surface area (Å²) in [6, 6.07) is 4.98. The summed E-state index contributed by atoms with van der Waals surface area (Å²) in [6.45, 7) is 8.46. The topological polar surface area (TPSA) is 154 Å². The Morgan fingerprint density at radius 2 is 1.73 bits per heavy atom. The lowest BCUT2D eigenvalue weighted by atomic mass is 9.85. The Morgan fingerprint density at radius 1 is 1.12 bits per heavy atom. The largest absolute Gasteiger partial charge is 0.496 e. The third-order valence-electron chi connectivity index (χ3n) is 5.19. The van der Waals surface area contributed by atoms with Gasteiger partial charge in [0.2, 0.25) is 24.3 Å². The summed E-state index contributed by atoms with van der Waals surface area (Å²) in [7, 11) is 1.50. The first kappa shape index (κ1) is 27.9. The Bertz CT molecular complexity index is 850. The molecule has 1 rings (SSSR count). The quantitative estimate of drug-likeness (QED) is 0.316. The van der Waals surface area contributed by atoms with E-state index < -0.39 is 52.6 Å². The van der Waals surface area contributed by atoms with Crippen LogP contribution in [0.15, 0.2) is 24.3 Å². The van der Waals surface area contributed by atoms with Crippen LogP contribution in [0.5, 0.6) is 5.75 Å². The molecular weight excluding hydrogens is 428 g/mol. The van der Waals surface area contributed by atoms with E-state index in [1.165, 1.54) is 7.11 Å². The normalized spacial score (nSPS) is 14.2. The number of benzene rings is 1. The minimum Gasteiger partial charge on any atom is -0.496 e. The van der Waals surface area contributed by atoms with Crippen LogP contribution in [0.4, 0.5) is 0 Å². The molecule has 0 aliphatic carbocycles. The molecule has 0 aromatic heterocycles. The third-order valence-corrected chi connectivity index (χ3v) is 5.19. The van der Waals surface area contributed by atoms with Crippen LogP contribution in [0.25, 0.3) is 0 Å². The van der Waals surface area contributed by atoms with Gasteiger partial charge < -0.3 is 21.1 Å². The second-order valence-corrected chi connectivity index (χ2v) is 9.63. The number of nitrogens with two attached hydrogens (primary N) is 1. The smallest absolute Gasteiger partial charge is 0.243 e. The Kier molecular flexibility index (Phi) is 10.3. The van der Waals surface area contributed by atoms with E-state index in [2.05, 4.69) is 10.6 Å². The van der Waals surface area contributed by atoms with Crippen LogP contribution in [0, 0.1) is 27.4 Å². The molecule has 0 radical (unpaired) electrons. The molecule has 0 unspecified atom stereocenters. The van der Waals surface area contributed by atoms with E-state index in [1.807, 2.05) is 13.8 Å². The van der Waals surface area contributed by atoms with Gasteiger partial charge in [0.25, 0.3) is 0 Å². The number of rotatable bonds is 12. The highest BCUT2D eigenvalue weighted by Gasteiger charge is 2.37. The fourth-order valence-electron chi connectivity index (χ4n) is 3.52. The number of carbonyl (C=O) groups is 3. The number of nitro groups is 1. The first-order valence-corrected chi connectivity index (χ1v) is 10.9. The Labute approximate surface area is 194 Å². The first-order valence-electron chi connectivity index (χ1n) is 10.9. The number of hydrogen-bond donors (Lipinski definition) is 3. The second kappa shape index (κ2) is 12.2. The predicted octanol–water partition coefficient (Wildman–Crippen LogP) is 1.68. The summed E-state index contributed by atoms with van der Waals surface area (Å²) < 4.78 is 5.30. The van der Waals surface area contributed by atoms with E-state index in [1.54, 1.807) is 45.0 Å². The number of nitrogens with one attached hydrogen (secondary N) is 2. The van der Waals surface area contributed by atoms with Crippen LogP contribution in [0.2, 0.25) is 0 Å². The van der Waals surface area contributed by atoms with Crippen LogP contribution in [-0.4, -0.2) is 48.4 Å². The van der Waals surface area contributed by atoms with Gasteiger partial charge in [0.15, 0.2) is 0 Å². The number of primary amides is 1. The van der Waals surface area contributed by atoms with Gasteiger partial charge in [-0.3, -0.25) is 24.5 Å². The monoisotopic (exact) mass is 464 g/mol. The molecule has 0 bridgehead atoms. The first-order chi connectivity index (χ1) is 15.3. The lowest BCUT2D eigenvalue weighted by molar-refractivity contribution is -0.486. The van der Waals surface area contributed by atoms with E-state index in [0.29, 0.717) is 17.7 Å². The number of nitrogens with zero attached hydrogens (tertiary/aromatic N) is 1. The Balaban J connectivity index is 3.08. The molecule has 0 spiro atoms. The van der Waals surface area contributed by atoms with Gasteiger partial charge >= 0.3 is 0 Å². The van der Waals surface area contributed by atoms with Crippen molar-refractivity contribution in [2.75, 3.05) is 13.7 Å². The van der Waals surface area contributed by atoms with E-state index >= 15 is 0 Å². The van der Waals surface area contributed by atoms with Crippen LogP contribution < -0.4 is 21.1 Å². The molecule has 184 valence electrons. The maximum Gasteiger partial charge on any atom is 0.243 e. The molecular formula is C23H36N4O6. The van der Waals surface area contributed by atoms with Crippen LogP contribution in [-0.2, 0) is 20.8 Å². The zero-order valence-electron chi connectivity index (χ0n) is 20.2. The molecule has 4 N–H and O–H groups in total. The molecule has 0 saturated carbocycles. The molecule has 3 atom stereocenters. The number of carbonyl (C=O) groups excluding carboxylic acids is 3. The minimum atomic E-state index is -1.04. The van der Waals surface area contributed by atoms with Crippen molar-refractivity contribution >= 4 is 17.7 Å². The van der Waals surface area contributed by atoms with E-state index in [9.17, 15) is 24.5 Å². The van der Waals surface area contributed by atoms with Crippen LogP contribution in [0.3, 0.4) is 0 Å². The lowest BCUT2D eigenvalue weighted by Gasteiger charge is -2.32. The van der Waals surface area contributed by atoms with Crippen molar-refractivity contribution in [2.24, 2.45) is 23.0 Å². The van der Waals surface area contributed by atoms with Gasteiger partial charge in [-0.05, 0) is 29.4 Å². The number of methoxy groups -OCH3 is 1.